The van der Waals surface area contributed by atoms with E-state index in [2.05, 4.69) is 5.32 Å². The van der Waals surface area contributed by atoms with E-state index in [0.717, 1.165) is 12.8 Å². The molecule has 0 saturated heterocycles. The molecule has 0 saturated carbocycles. The predicted octanol–water partition coefficient (Wildman–Crippen LogP) is 1.60. The second kappa shape index (κ2) is 7.34. The van der Waals surface area contributed by atoms with E-state index in [-0.39, 0.29) is 17.1 Å². The zero-order valence-electron chi connectivity index (χ0n) is 11.7. The molecule has 1 N–H and O–H groups in total. The highest BCUT2D eigenvalue weighted by Crippen LogP contribution is 2.18. The van der Waals surface area contributed by atoms with Crippen LogP contribution in [0.25, 0.3) is 0 Å². The lowest BCUT2D eigenvalue weighted by molar-refractivity contribution is 0.00698. The first-order valence-corrected chi connectivity index (χ1v) is 8.01. The third-order valence-electron chi connectivity index (χ3n) is 3.15. The Labute approximate surface area is 106 Å². The van der Waals surface area contributed by atoms with E-state index in [9.17, 15) is 8.42 Å². The summed E-state index contributed by atoms with van der Waals surface area (Å²) < 4.78 is 28.1. The topological polar surface area (TPSA) is 55.4 Å². The fourth-order valence-corrected chi connectivity index (χ4v) is 2.61. The van der Waals surface area contributed by atoms with Gasteiger partial charge in [0.05, 0.1) is 11.4 Å². The first-order chi connectivity index (χ1) is 7.76. The molecule has 0 aromatic carbocycles. The van der Waals surface area contributed by atoms with Crippen LogP contribution in [0.15, 0.2) is 0 Å². The van der Waals surface area contributed by atoms with Crippen LogP contribution in [-0.4, -0.2) is 45.7 Å². The lowest BCUT2D eigenvalue weighted by Gasteiger charge is -2.28. The van der Waals surface area contributed by atoms with E-state index in [0.29, 0.717) is 12.5 Å². The Morgan fingerprint density at radius 2 is 1.94 bits per heavy atom. The van der Waals surface area contributed by atoms with Crippen LogP contribution in [0.3, 0.4) is 0 Å². The van der Waals surface area contributed by atoms with E-state index in [1.165, 1.54) is 0 Å². The smallest absolute Gasteiger partial charge is 0.150 e. The van der Waals surface area contributed by atoms with E-state index in [4.69, 9.17) is 4.74 Å². The number of ether oxygens (including phenoxy) is 1. The summed E-state index contributed by atoms with van der Waals surface area (Å²) in [5, 5.41) is 3.22. The summed E-state index contributed by atoms with van der Waals surface area (Å²) in [5.74, 6) is 0.524. The average Bonchev–Trinajstić information content (AvgIpc) is 2.27. The highest BCUT2D eigenvalue weighted by Gasteiger charge is 2.22. The quantitative estimate of drug-likeness (QED) is 0.688. The maximum absolute atomic E-state index is 11.4. The largest absolute Gasteiger partial charge is 0.379 e. The van der Waals surface area contributed by atoms with Crippen molar-refractivity contribution in [3.8, 4) is 0 Å². The van der Waals surface area contributed by atoms with Gasteiger partial charge in [0.1, 0.15) is 9.84 Å². The van der Waals surface area contributed by atoms with Gasteiger partial charge in [0.2, 0.25) is 0 Å². The molecule has 0 aromatic rings. The number of hydrogen-bond donors (Lipinski definition) is 1. The minimum atomic E-state index is -2.83. The molecule has 0 amide bonds. The average molecular weight is 265 g/mol. The lowest BCUT2D eigenvalue weighted by Crippen LogP contribution is -2.36. The Kier molecular flexibility index (Phi) is 7.28. The molecule has 1 unspecified atom stereocenters. The maximum Gasteiger partial charge on any atom is 0.150 e. The summed E-state index contributed by atoms with van der Waals surface area (Å²) in [5.41, 5.74) is -0.169. The minimum absolute atomic E-state index is 0.169. The van der Waals surface area contributed by atoms with Gasteiger partial charge in [0, 0.05) is 18.9 Å². The van der Waals surface area contributed by atoms with Gasteiger partial charge >= 0.3 is 0 Å². The maximum atomic E-state index is 11.4. The zero-order chi connectivity index (χ0) is 13.5. The Bertz CT molecular complexity index is 299. The van der Waals surface area contributed by atoms with Gasteiger partial charge in [-0.3, -0.25) is 0 Å². The summed E-state index contributed by atoms with van der Waals surface area (Å²) in [6.07, 6.45) is 2.45. The molecule has 0 aliphatic carbocycles. The molecule has 1 atom stereocenters. The van der Waals surface area contributed by atoms with Gasteiger partial charge in [-0.25, -0.2) is 8.42 Å². The van der Waals surface area contributed by atoms with Crippen molar-refractivity contribution in [2.75, 3.05) is 25.7 Å². The van der Waals surface area contributed by atoms with Gasteiger partial charge in [-0.1, -0.05) is 6.92 Å². The van der Waals surface area contributed by atoms with Crippen molar-refractivity contribution in [2.45, 2.75) is 51.7 Å². The molecule has 0 bridgehead atoms. The molecule has 0 aliphatic rings. The van der Waals surface area contributed by atoms with Crippen molar-refractivity contribution in [2.24, 2.45) is 0 Å². The Morgan fingerprint density at radius 3 is 2.35 bits per heavy atom. The summed E-state index contributed by atoms with van der Waals surface area (Å²) in [6, 6.07) is 0.303. The standard InChI is InChI=1S/C12H27NO3S/c1-6-17(14,15)9-7-8-11(13-4)10-12(2,3)16-5/h11,13H,6-10H2,1-5H3. The molecule has 4 nitrogen and oxygen atoms in total. The third-order valence-corrected chi connectivity index (χ3v) is 4.94. The normalized spacial score (nSPS) is 14.9. The molecule has 0 aliphatic heterocycles. The zero-order valence-corrected chi connectivity index (χ0v) is 12.6. The molecule has 0 rings (SSSR count). The second-order valence-electron chi connectivity index (χ2n) is 5.03. The number of methoxy groups -OCH3 is 1. The van der Waals surface area contributed by atoms with Crippen LogP contribution in [-0.2, 0) is 14.6 Å². The van der Waals surface area contributed by atoms with Crippen LogP contribution >= 0.6 is 0 Å². The van der Waals surface area contributed by atoms with Gasteiger partial charge in [-0.2, -0.15) is 0 Å². The SMILES string of the molecule is CCS(=O)(=O)CCCC(CC(C)(C)OC)NC. The molecule has 5 heteroatoms. The van der Waals surface area contributed by atoms with Gasteiger partial charge < -0.3 is 10.1 Å². The molecular weight excluding hydrogens is 238 g/mol. The number of hydrogen-bond acceptors (Lipinski definition) is 4. The van der Waals surface area contributed by atoms with E-state index in [1.54, 1.807) is 14.0 Å². The van der Waals surface area contributed by atoms with Gasteiger partial charge in [-0.15, -0.1) is 0 Å². The minimum Gasteiger partial charge on any atom is -0.379 e. The summed E-state index contributed by atoms with van der Waals surface area (Å²) >= 11 is 0. The van der Waals surface area contributed by atoms with Crippen LogP contribution in [0, 0.1) is 0 Å². The molecule has 0 fully saturated rings. The predicted molar refractivity (Wildman–Crippen MR) is 72.1 cm³/mol. The molecule has 17 heavy (non-hydrogen) atoms. The van der Waals surface area contributed by atoms with Crippen LogP contribution in [0.5, 0.6) is 0 Å². The Morgan fingerprint density at radius 1 is 1.35 bits per heavy atom. The molecule has 0 aromatic heterocycles. The van der Waals surface area contributed by atoms with Crippen molar-refractivity contribution in [1.29, 1.82) is 0 Å². The van der Waals surface area contributed by atoms with Crippen molar-refractivity contribution in [3.63, 3.8) is 0 Å². The van der Waals surface area contributed by atoms with E-state index in [1.807, 2.05) is 20.9 Å². The van der Waals surface area contributed by atoms with Gasteiger partial charge in [-0.05, 0) is 40.2 Å². The number of nitrogens with one attached hydrogen (secondary N) is 1. The first-order valence-electron chi connectivity index (χ1n) is 6.19. The second-order valence-corrected chi connectivity index (χ2v) is 7.50. The van der Waals surface area contributed by atoms with Crippen LogP contribution in [0.2, 0.25) is 0 Å². The third kappa shape index (κ3) is 7.73. The Balaban J connectivity index is 4.08. The summed E-state index contributed by atoms with van der Waals surface area (Å²) in [7, 11) is 0.778. The van der Waals surface area contributed by atoms with Crippen LogP contribution < -0.4 is 5.32 Å². The summed E-state index contributed by atoms with van der Waals surface area (Å²) in [6.45, 7) is 5.78. The number of sulfone groups is 1. The van der Waals surface area contributed by atoms with Gasteiger partial charge in [0.25, 0.3) is 0 Å². The number of rotatable bonds is 9. The highest BCUT2D eigenvalue weighted by molar-refractivity contribution is 7.91. The van der Waals surface area contributed by atoms with Crippen molar-refractivity contribution < 1.29 is 13.2 Å². The van der Waals surface area contributed by atoms with Gasteiger partial charge in [0.15, 0.2) is 0 Å². The van der Waals surface area contributed by atoms with Crippen LogP contribution in [0.4, 0.5) is 0 Å². The van der Waals surface area contributed by atoms with Crippen LogP contribution in [0.1, 0.15) is 40.0 Å². The molecule has 0 spiro atoms. The van der Waals surface area contributed by atoms with Crippen molar-refractivity contribution >= 4 is 9.84 Å². The fourth-order valence-electron chi connectivity index (χ4n) is 1.72. The molecule has 0 heterocycles. The molecule has 0 radical (unpaired) electrons. The summed E-state index contributed by atoms with van der Waals surface area (Å²) in [4.78, 5) is 0. The van der Waals surface area contributed by atoms with E-state index >= 15 is 0 Å². The van der Waals surface area contributed by atoms with Crippen molar-refractivity contribution in [3.05, 3.63) is 0 Å². The van der Waals surface area contributed by atoms with E-state index < -0.39 is 9.84 Å². The monoisotopic (exact) mass is 265 g/mol. The molecule has 104 valence electrons. The first kappa shape index (κ1) is 16.9. The Hall–Kier alpha value is -0.130. The molecular formula is C12H27NO3S. The fraction of sp³-hybridized carbons (Fsp3) is 1.00. The lowest BCUT2D eigenvalue weighted by atomic mass is 9.96. The van der Waals surface area contributed by atoms with Crippen molar-refractivity contribution in [1.82, 2.24) is 5.32 Å². The highest BCUT2D eigenvalue weighted by atomic mass is 32.2.